The highest BCUT2D eigenvalue weighted by molar-refractivity contribution is 5.76. The standard InChI is InChI=1S/C53H95NO3/c1-3-5-7-9-11-13-15-17-19-21-23-24-25-26-27-28-29-30-31-33-35-37-39-41-43-45-47-49-53(57)54-51(50-55)52(56)48-46-44-42-40-38-36-34-32-22-20-18-16-14-12-10-8-6-4-2/h15,17,21-23,25-26,32,38,40,46,48,51-52,55-56H,3-14,16,18-20,24,27-31,33-37,39,41-45,47,49-50H2,1-2H3,(H,54,57)/b17-15-,23-21-,26-25-,32-22+,40-38+,48-46+. The van der Waals surface area contributed by atoms with E-state index in [-0.39, 0.29) is 12.5 Å². The van der Waals surface area contributed by atoms with Crippen LogP contribution in [0.5, 0.6) is 0 Å². The van der Waals surface area contributed by atoms with Gasteiger partial charge in [-0.15, -0.1) is 0 Å². The normalized spacial score (nSPS) is 13.5. The van der Waals surface area contributed by atoms with Crippen LogP contribution in [0.1, 0.15) is 239 Å². The molecule has 4 nitrogen and oxygen atoms in total. The predicted octanol–water partition coefficient (Wildman–Crippen LogP) is 15.9. The first-order chi connectivity index (χ1) is 28.2. The lowest BCUT2D eigenvalue weighted by Crippen LogP contribution is -2.45. The number of aliphatic hydroxyl groups excluding tert-OH is 2. The molecular weight excluding hydrogens is 699 g/mol. The summed E-state index contributed by atoms with van der Waals surface area (Å²) in [5.74, 6) is -0.0816. The van der Waals surface area contributed by atoms with Crippen molar-refractivity contribution in [2.24, 2.45) is 0 Å². The smallest absolute Gasteiger partial charge is 0.220 e. The van der Waals surface area contributed by atoms with Crippen LogP contribution in [0.2, 0.25) is 0 Å². The van der Waals surface area contributed by atoms with Crippen LogP contribution in [-0.2, 0) is 4.79 Å². The Bertz CT molecular complexity index is 992. The zero-order valence-corrected chi connectivity index (χ0v) is 37.8. The average Bonchev–Trinajstić information content (AvgIpc) is 3.22. The summed E-state index contributed by atoms with van der Waals surface area (Å²) in [6.45, 7) is 4.28. The largest absolute Gasteiger partial charge is 0.394 e. The summed E-state index contributed by atoms with van der Waals surface area (Å²) >= 11 is 0. The van der Waals surface area contributed by atoms with E-state index in [1.54, 1.807) is 6.08 Å². The summed E-state index contributed by atoms with van der Waals surface area (Å²) < 4.78 is 0. The maximum absolute atomic E-state index is 12.4. The van der Waals surface area contributed by atoms with Gasteiger partial charge in [0.15, 0.2) is 0 Å². The Labute approximate surface area is 355 Å². The second-order valence-electron chi connectivity index (χ2n) is 16.5. The maximum Gasteiger partial charge on any atom is 0.220 e. The molecule has 0 saturated carbocycles. The lowest BCUT2D eigenvalue weighted by molar-refractivity contribution is -0.123. The van der Waals surface area contributed by atoms with E-state index in [1.165, 1.54) is 167 Å². The number of carbonyl (C=O) groups is 1. The van der Waals surface area contributed by atoms with Crippen LogP contribution in [0.3, 0.4) is 0 Å². The molecule has 0 aliphatic rings. The number of aliphatic hydroxyl groups is 2. The Kier molecular flexibility index (Phi) is 46.4. The van der Waals surface area contributed by atoms with Gasteiger partial charge in [-0.05, 0) is 83.5 Å². The minimum atomic E-state index is -0.874. The van der Waals surface area contributed by atoms with Gasteiger partial charge in [-0.25, -0.2) is 0 Å². The topological polar surface area (TPSA) is 69.6 Å². The van der Waals surface area contributed by atoms with Crippen LogP contribution in [0.15, 0.2) is 72.9 Å². The van der Waals surface area contributed by atoms with Crippen molar-refractivity contribution in [3.63, 3.8) is 0 Å². The molecule has 0 aliphatic carbocycles. The van der Waals surface area contributed by atoms with Gasteiger partial charge in [0.25, 0.3) is 0 Å². The Hall–Kier alpha value is -2.17. The molecule has 2 unspecified atom stereocenters. The van der Waals surface area contributed by atoms with Crippen LogP contribution in [0.4, 0.5) is 0 Å². The van der Waals surface area contributed by atoms with Crippen molar-refractivity contribution in [2.75, 3.05) is 6.61 Å². The van der Waals surface area contributed by atoms with Gasteiger partial charge >= 0.3 is 0 Å². The van der Waals surface area contributed by atoms with Crippen molar-refractivity contribution in [1.29, 1.82) is 0 Å². The van der Waals surface area contributed by atoms with Gasteiger partial charge in [0.1, 0.15) is 0 Å². The van der Waals surface area contributed by atoms with Gasteiger partial charge in [-0.2, -0.15) is 0 Å². The van der Waals surface area contributed by atoms with E-state index in [9.17, 15) is 15.0 Å². The van der Waals surface area contributed by atoms with Crippen molar-refractivity contribution in [1.82, 2.24) is 5.32 Å². The number of hydrogen-bond acceptors (Lipinski definition) is 3. The molecule has 0 spiro atoms. The summed E-state index contributed by atoms with van der Waals surface area (Å²) in [5.41, 5.74) is 0. The Morgan fingerprint density at radius 1 is 0.421 bits per heavy atom. The molecule has 0 heterocycles. The van der Waals surface area contributed by atoms with E-state index in [0.29, 0.717) is 6.42 Å². The van der Waals surface area contributed by atoms with E-state index in [2.05, 4.69) is 79.9 Å². The molecule has 330 valence electrons. The number of amides is 1. The molecule has 57 heavy (non-hydrogen) atoms. The molecule has 2 atom stereocenters. The fraction of sp³-hybridized carbons (Fsp3) is 0.755. The first kappa shape index (κ1) is 54.8. The highest BCUT2D eigenvalue weighted by Crippen LogP contribution is 2.14. The molecule has 0 rings (SSSR count). The van der Waals surface area contributed by atoms with Crippen LogP contribution >= 0.6 is 0 Å². The van der Waals surface area contributed by atoms with Crippen LogP contribution in [0, 0.1) is 0 Å². The quantitative estimate of drug-likeness (QED) is 0.0425. The number of nitrogens with one attached hydrogen (secondary N) is 1. The second kappa shape index (κ2) is 48.2. The third kappa shape index (κ3) is 44.8. The van der Waals surface area contributed by atoms with Crippen LogP contribution < -0.4 is 5.32 Å². The number of allylic oxidation sites excluding steroid dienone is 11. The van der Waals surface area contributed by atoms with Gasteiger partial charge in [-0.3, -0.25) is 4.79 Å². The zero-order valence-electron chi connectivity index (χ0n) is 37.8. The molecule has 0 aliphatic heterocycles. The van der Waals surface area contributed by atoms with Gasteiger partial charge in [-0.1, -0.05) is 222 Å². The summed E-state index contributed by atoms with van der Waals surface area (Å²) in [5, 5.41) is 23.0. The van der Waals surface area contributed by atoms with E-state index >= 15 is 0 Å². The van der Waals surface area contributed by atoms with Gasteiger partial charge in [0, 0.05) is 6.42 Å². The molecule has 3 N–H and O–H groups in total. The molecule has 0 aromatic rings. The summed E-state index contributed by atoms with van der Waals surface area (Å²) in [7, 11) is 0. The predicted molar refractivity (Wildman–Crippen MR) is 253 cm³/mol. The molecule has 0 saturated heterocycles. The molecule has 0 bridgehead atoms. The molecule has 0 radical (unpaired) electrons. The van der Waals surface area contributed by atoms with E-state index in [0.717, 1.165) is 51.4 Å². The number of hydrogen-bond donors (Lipinski definition) is 3. The van der Waals surface area contributed by atoms with Crippen LogP contribution in [-0.4, -0.2) is 34.9 Å². The third-order valence-corrected chi connectivity index (χ3v) is 10.9. The van der Waals surface area contributed by atoms with Crippen LogP contribution in [0.25, 0.3) is 0 Å². The highest BCUT2D eigenvalue weighted by atomic mass is 16.3. The molecule has 4 heteroatoms. The first-order valence-corrected chi connectivity index (χ1v) is 24.7. The number of unbranched alkanes of at least 4 members (excludes halogenated alkanes) is 27. The van der Waals surface area contributed by atoms with Crippen molar-refractivity contribution >= 4 is 5.91 Å². The van der Waals surface area contributed by atoms with E-state index < -0.39 is 12.1 Å². The second-order valence-corrected chi connectivity index (χ2v) is 16.5. The van der Waals surface area contributed by atoms with E-state index in [1.807, 2.05) is 6.08 Å². The van der Waals surface area contributed by atoms with Gasteiger partial charge in [0.2, 0.25) is 5.91 Å². The minimum Gasteiger partial charge on any atom is -0.394 e. The van der Waals surface area contributed by atoms with Crippen molar-refractivity contribution in [3.05, 3.63) is 72.9 Å². The first-order valence-electron chi connectivity index (χ1n) is 24.7. The number of carbonyl (C=O) groups excluding carboxylic acids is 1. The van der Waals surface area contributed by atoms with E-state index in [4.69, 9.17) is 0 Å². The molecule has 1 amide bonds. The lowest BCUT2D eigenvalue weighted by Gasteiger charge is -2.19. The fourth-order valence-electron chi connectivity index (χ4n) is 7.10. The molecule has 0 aromatic heterocycles. The summed E-state index contributed by atoms with van der Waals surface area (Å²) in [4.78, 5) is 12.4. The highest BCUT2D eigenvalue weighted by Gasteiger charge is 2.17. The monoisotopic (exact) mass is 794 g/mol. The molecule has 0 aromatic carbocycles. The molecule has 0 fully saturated rings. The van der Waals surface area contributed by atoms with Crippen molar-refractivity contribution in [2.45, 2.75) is 251 Å². The molecular formula is C53H95NO3. The maximum atomic E-state index is 12.4. The average molecular weight is 794 g/mol. The summed E-state index contributed by atoms with van der Waals surface area (Å²) in [6, 6.07) is -0.650. The van der Waals surface area contributed by atoms with Crippen molar-refractivity contribution < 1.29 is 15.0 Å². The zero-order chi connectivity index (χ0) is 41.4. The minimum absolute atomic E-state index is 0.0816. The Morgan fingerprint density at radius 2 is 0.737 bits per heavy atom. The van der Waals surface area contributed by atoms with Gasteiger partial charge in [0.05, 0.1) is 18.8 Å². The summed E-state index contributed by atoms with van der Waals surface area (Å²) in [6.07, 6.45) is 68.8. The fourth-order valence-corrected chi connectivity index (χ4v) is 7.10. The lowest BCUT2D eigenvalue weighted by atomic mass is 10.0. The third-order valence-electron chi connectivity index (χ3n) is 10.9. The number of rotatable bonds is 44. The SMILES string of the molecule is CCCCCCC/C=C\C/C=C\C/C=C\CCCCCCCCCCCCCCC(=O)NC(CO)C(O)/C=C/CC/C=C/CC/C=C/CCCCCCCCCC. The Balaban J connectivity index is 3.61. The van der Waals surface area contributed by atoms with Crippen molar-refractivity contribution in [3.8, 4) is 0 Å². The Morgan fingerprint density at radius 3 is 1.14 bits per heavy atom. The van der Waals surface area contributed by atoms with Gasteiger partial charge < -0.3 is 15.5 Å².